The van der Waals surface area contributed by atoms with E-state index in [-0.39, 0.29) is 0 Å². The van der Waals surface area contributed by atoms with E-state index >= 15 is 0 Å². The number of hydrogen-bond acceptors (Lipinski definition) is 6. The van der Waals surface area contributed by atoms with Gasteiger partial charge in [-0.2, -0.15) is 8.42 Å². The summed E-state index contributed by atoms with van der Waals surface area (Å²) < 4.78 is 36.1. The van der Waals surface area contributed by atoms with Crippen LogP contribution in [-0.4, -0.2) is 43.4 Å². The maximum Gasteiger partial charge on any atom is 0.319 e. The van der Waals surface area contributed by atoms with Gasteiger partial charge in [0.1, 0.15) is 0 Å². The molecule has 26 heavy (non-hydrogen) atoms. The van der Waals surface area contributed by atoms with Gasteiger partial charge in [-0.3, -0.25) is 4.55 Å². The van der Waals surface area contributed by atoms with E-state index < -0.39 is 9.15 Å². The van der Waals surface area contributed by atoms with Crippen LogP contribution in [0.15, 0.2) is 22.8 Å². The summed E-state index contributed by atoms with van der Waals surface area (Å²) in [5.74, 6) is 1.05. The summed E-state index contributed by atoms with van der Waals surface area (Å²) in [7, 11) is -3.33. The molecule has 0 bridgehead atoms. The standard InChI is InChI=1S/C17H29BrN2O4S2/c18-16-9-10-17(20-15-16)24-13-8-6-4-2-1-3-5-7-11-19-12-14-25-26(21,22)23/h9-10,15,19H,1-8,11-14H2,(H,21,22,23). The third-order valence-electron chi connectivity index (χ3n) is 3.71. The first kappa shape index (κ1) is 23.7. The first-order chi connectivity index (χ1) is 12.5. The van der Waals surface area contributed by atoms with Crippen molar-refractivity contribution in [3.8, 4) is 5.88 Å². The van der Waals surface area contributed by atoms with Crippen LogP contribution < -0.4 is 10.1 Å². The van der Waals surface area contributed by atoms with E-state index in [1.165, 1.54) is 38.5 Å². The quantitative estimate of drug-likeness (QED) is 0.210. The molecule has 0 spiro atoms. The molecule has 0 fully saturated rings. The minimum atomic E-state index is -3.89. The minimum Gasteiger partial charge on any atom is -0.478 e. The smallest absolute Gasteiger partial charge is 0.319 e. The zero-order valence-corrected chi connectivity index (χ0v) is 18.2. The largest absolute Gasteiger partial charge is 0.478 e. The van der Waals surface area contributed by atoms with Gasteiger partial charge >= 0.3 is 9.15 Å². The Kier molecular flexibility index (Phi) is 13.4. The first-order valence-electron chi connectivity index (χ1n) is 9.04. The minimum absolute atomic E-state index is 0.375. The number of hydrogen-bond donors (Lipinski definition) is 2. The molecule has 0 aromatic carbocycles. The summed E-state index contributed by atoms with van der Waals surface area (Å²) in [5.41, 5.74) is 0. The molecule has 0 unspecified atom stereocenters. The molecule has 0 aliphatic heterocycles. The monoisotopic (exact) mass is 468 g/mol. The average Bonchev–Trinajstić information content (AvgIpc) is 2.59. The van der Waals surface area contributed by atoms with Crippen LogP contribution in [0, 0.1) is 0 Å². The number of rotatable bonds is 16. The van der Waals surface area contributed by atoms with Crippen molar-refractivity contribution in [1.82, 2.24) is 10.3 Å². The van der Waals surface area contributed by atoms with Gasteiger partial charge < -0.3 is 10.1 Å². The summed E-state index contributed by atoms with van der Waals surface area (Å²) in [6, 6.07) is 3.79. The van der Waals surface area contributed by atoms with Crippen molar-refractivity contribution in [1.29, 1.82) is 0 Å². The molecule has 1 aromatic heterocycles. The highest BCUT2D eigenvalue weighted by atomic mass is 79.9. The van der Waals surface area contributed by atoms with E-state index in [0.29, 0.717) is 29.0 Å². The molecule has 0 radical (unpaired) electrons. The van der Waals surface area contributed by atoms with Crippen LogP contribution >= 0.6 is 26.7 Å². The lowest BCUT2D eigenvalue weighted by Crippen LogP contribution is -2.18. The maximum atomic E-state index is 10.5. The predicted octanol–water partition coefficient (Wildman–Crippen LogP) is 4.47. The second kappa shape index (κ2) is 14.7. The van der Waals surface area contributed by atoms with Crippen molar-refractivity contribution in [2.75, 3.05) is 25.4 Å². The summed E-state index contributed by atoms with van der Waals surface area (Å²) >= 11 is 3.35. The summed E-state index contributed by atoms with van der Waals surface area (Å²) in [6.45, 7) is 2.21. The Hall–Kier alpha value is -0.350. The Bertz CT molecular complexity index is 571. The number of nitrogens with one attached hydrogen (secondary N) is 1. The number of pyridine rings is 1. The third-order valence-corrected chi connectivity index (χ3v) is 6.24. The third kappa shape index (κ3) is 14.8. The Labute approximate surface area is 169 Å². The Morgan fingerprint density at radius 2 is 1.69 bits per heavy atom. The predicted molar refractivity (Wildman–Crippen MR) is 111 cm³/mol. The Balaban J connectivity index is 1.77. The van der Waals surface area contributed by atoms with Gasteiger partial charge in [0, 0.05) is 29.0 Å². The molecule has 9 heteroatoms. The number of halogens is 1. The van der Waals surface area contributed by atoms with Gasteiger partial charge in [-0.1, -0.05) is 38.5 Å². The van der Waals surface area contributed by atoms with Crippen molar-refractivity contribution < 1.29 is 17.7 Å². The topological polar surface area (TPSA) is 88.5 Å². The Morgan fingerprint density at radius 3 is 2.31 bits per heavy atom. The van der Waals surface area contributed by atoms with Gasteiger partial charge in [-0.25, -0.2) is 4.98 Å². The number of unbranched alkanes of at least 4 members (excludes halogenated alkanes) is 7. The van der Waals surface area contributed by atoms with E-state index in [4.69, 9.17) is 9.29 Å². The van der Waals surface area contributed by atoms with Gasteiger partial charge in [0.2, 0.25) is 5.88 Å². The highest BCUT2D eigenvalue weighted by molar-refractivity contribution is 9.10. The van der Waals surface area contributed by atoms with Gasteiger partial charge in [0.25, 0.3) is 0 Å². The van der Waals surface area contributed by atoms with E-state index in [0.717, 1.165) is 30.5 Å². The van der Waals surface area contributed by atoms with Crippen molar-refractivity contribution in [3.63, 3.8) is 0 Å². The molecule has 1 aromatic rings. The lowest BCUT2D eigenvalue weighted by Gasteiger charge is -2.06. The highest BCUT2D eigenvalue weighted by Crippen LogP contribution is 2.13. The van der Waals surface area contributed by atoms with Crippen molar-refractivity contribution >= 4 is 35.9 Å². The second-order valence-electron chi connectivity index (χ2n) is 5.99. The van der Waals surface area contributed by atoms with Crippen LogP contribution in [0.4, 0.5) is 0 Å². The van der Waals surface area contributed by atoms with Crippen LogP contribution in [0.1, 0.15) is 51.4 Å². The normalized spacial score (nSPS) is 11.6. The van der Waals surface area contributed by atoms with E-state index in [1.54, 1.807) is 6.20 Å². The van der Waals surface area contributed by atoms with Crippen LogP contribution in [0.5, 0.6) is 5.88 Å². The average molecular weight is 469 g/mol. The van der Waals surface area contributed by atoms with Crippen LogP contribution in [0.2, 0.25) is 0 Å². The number of ether oxygens (including phenoxy) is 1. The van der Waals surface area contributed by atoms with E-state index in [2.05, 4.69) is 26.2 Å². The summed E-state index contributed by atoms with van der Waals surface area (Å²) in [6.07, 6.45) is 11.3. The number of aromatic nitrogens is 1. The lowest BCUT2D eigenvalue weighted by molar-refractivity contribution is 0.293. The van der Waals surface area contributed by atoms with E-state index in [9.17, 15) is 8.42 Å². The molecule has 150 valence electrons. The fraction of sp³-hybridized carbons (Fsp3) is 0.706. The number of nitrogens with zero attached hydrogens (tertiary/aromatic N) is 1. The summed E-state index contributed by atoms with van der Waals surface area (Å²) in [5, 5.41) is 3.18. The molecular weight excluding hydrogens is 440 g/mol. The summed E-state index contributed by atoms with van der Waals surface area (Å²) in [4.78, 5) is 4.17. The molecule has 0 saturated carbocycles. The zero-order chi connectivity index (χ0) is 19.1. The van der Waals surface area contributed by atoms with Crippen LogP contribution in [-0.2, 0) is 9.15 Å². The molecule has 0 atom stereocenters. The van der Waals surface area contributed by atoms with Gasteiger partial charge in [-0.05, 0) is 52.2 Å². The van der Waals surface area contributed by atoms with Gasteiger partial charge in [0.05, 0.1) is 6.61 Å². The van der Waals surface area contributed by atoms with Crippen LogP contribution in [0.25, 0.3) is 0 Å². The second-order valence-corrected chi connectivity index (χ2v) is 10.4. The molecule has 1 heterocycles. The van der Waals surface area contributed by atoms with E-state index in [1.807, 2.05) is 12.1 Å². The highest BCUT2D eigenvalue weighted by Gasteiger charge is 2.03. The van der Waals surface area contributed by atoms with Crippen molar-refractivity contribution in [2.24, 2.45) is 0 Å². The van der Waals surface area contributed by atoms with Crippen molar-refractivity contribution in [3.05, 3.63) is 22.8 Å². The molecule has 0 aliphatic carbocycles. The molecule has 0 aliphatic rings. The molecule has 2 N–H and O–H groups in total. The maximum absolute atomic E-state index is 10.5. The SMILES string of the molecule is O=S(=O)(O)SCCNCCCCCCCCCCOc1ccc(Br)cn1. The van der Waals surface area contributed by atoms with Gasteiger partial charge in [0.15, 0.2) is 0 Å². The molecule has 0 saturated heterocycles. The fourth-order valence-electron chi connectivity index (χ4n) is 2.38. The molecule has 1 rings (SSSR count). The van der Waals surface area contributed by atoms with Gasteiger partial charge in [-0.15, -0.1) is 0 Å². The molecule has 0 amide bonds. The molecular formula is C17H29BrN2O4S2. The van der Waals surface area contributed by atoms with Crippen molar-refractivity contribution in [2.45, 2.75) is 51.4 Å². The van der Waals surface area contributed by atoms with Crippen LogP contribution in [0.3, 0.4) is 0 Å². The first-order valence-corrected chi connectivity index (χ1v) is 12.8. The lowest BCUT2D eigenvalue weighted by atomic mass is 10.1. The zero-order valence-electron chi connectivity index (χ0n) is 15.0. The Morgan fingerprint density at radius 1 is 1.04 bits per heavy atom. The fourth-order valence-corrected chi connectivity index (χ4v) is 3.94. The molecule has 6 nitrogen and oxygen atoms in total.